The topological polar surface area (TPSA) is 91.3 Å². The van der Waals surface area contributed by atoms with Crippen LogP contribution in [-0.4, -0.2) is 75.6 Å². The highest BCUT2D eigenvalue weighted by molar-refractivity contribution is 7.47. The predicted molar refractivity (Wildman–Crippen MR) is 252 cm³/mol. The van der Waals surface area contributed by atoms with Crippen molar-refractivity contribution < 1.29 is 37.3 Å². The molecule has 2 unspecified atom stereocenters. The Balaban J connectivity index is 3.98. The van der Waals surface area contributed by atoms with Crippen LogP contribution in [0.2, 0.25) is 0 Å². The molecule has 354 valence electrons. The molecule has 0 heterocycles. The van der Waals surface area contributed by atoms with E-state index in [2.05, 4.69) is 13.8 Å². The zero-order valence-corrected chi connectivity index (χ0v) is 41.2. The van der Waals surface area contributed by atoms with Gasteiger partial charge in [0.25, 0.3) is 0 Å². The lowest BCUT2D eigenvalue weighted by Gasteiger charge is -2.24. The maximum Gasteiger partial charge on any atom is 0.472 e. The van der Waals surface area contributed by atoms with Crippen molar-refractivity contribution in [1.29, 1.82) is 0 Å². The molecule has 0 aliphatic carbocycles. The highest BCUT2D eigenvalue weighted by Gasteiger charge is 2.26. The summed E-state index contributed by atoms with van der Waals surface area (Å²) in [4.78, 5) is 23.0. The van der Waals surface area contributed by atoms with Crippen LogP contribution in [0, 0.1) is 0 Å². The predicted octanol–water partition coefficient (Wildman–Crippen LogP) is 15.6. The molecule has 59 heavy (non-hydrogen) atoms. The summed E-state index contributed by atoms with van der Waals surface area (Å²) in [7, 11) is 1.69. The van der Waals surface area contributed by atoms with Gasteiger partial charge < -0.3 is 18.9 Å². The number of ether oxygens (including phenoxy) is 2. The first-order valence-electron chi connectivity index (χ1n) is 25.8. The van der Waals surface area contributed by atoms with Gasteiger partial charge in [-0.15, -0.1) is 0 Å². The summed E-state index contributed by atoms with van der Waals surface area (Å²) >= 11 is 0. The van der Waals surface area contributed by atoms with E-state index < -0.39 is 13.9 Å². The van der Waals surface area contributed by atoms with Crippen LogP contribution >= 0.6 is 7.82 Å². The molecule has 0 aromatic carbocycles. The van der Waals surface area contributed by atoms with Gasteiger partial charge >= 0.3 is 13.8 Å². The maximum absolute atomic E-state index is 12.7. The number of phosphoric acid groups is 1. The fourth-order valence-corrected chi connectivity index (χ4v) is 8.42. The molecule has 0 aromatic rings. The molecule has 9 heteroatoms. The Bertz CT molecular complexity index is 914. The van der Waals surface area contributed by atoms with Crippen molar-refractivity contribution in [1.82, 2.24) is 0 Å². The number of quaternary nitrogens is 1. The molecule has 0 radical (unpaired) electrons. The number of rotatable bonds is 49. The van der Waals surface area contributed by atoms with Crippen molar-refractivity contribution in [2.24, 2.45) is 0 Å². The number of carbonyl (C=O) groups is 1. The summed E-state index contributed by atoms with van der Waals surface area (Å²) in [5.74, 6) is -0.305. The molecule has 2 atom stereocenters. The molecule has 0 rings (SSSR count). The summed E-state index contributed by atoms with van der Waals surface area (Å²) in [6, 6.07) is 0. The van der Waals surface area contributed by atoms with Crippen LogP contribution in [-0.2, 0) is 27.9 Å². The first-order chi connectivity index (χ1) is 28.6. The lowest BCUT2D eigenvalue weighted by atomic mass is 10.0. The van der Waals surface area contributed by atoms with Gasteiger partial charge in [0.2, 0.25) is 0 Å². The van der Waals surface area contributed by atoms with Crippen molar-refractivity contribution in [3.05, 3.63) is 0 Å². The molecule has 0 amide bonds. The van der Waals surface area contributed by atoms with Crippen LogP contribution in [0.25, 0.3) is 0 Å². The van der Waals surface area contributed by atoms with E-state index in [0.717, 1.165) is 32.1 Å². The number of likely N-dealkylation sites (N-methyl/N-ethyl adjacent to an activating group) is 1. The Morgan fingerprint density at radius 1 is 0.458 bits per heavy atom. The molecule has 0 saturated heterocycles. The summed E-state index contributed by atoms with van der Waals surface area (Å²) < 4.78 is 35.1. The number of hydrogen-bond acceptors (Lipinski definition) is 6. The standard InChI is InChI=1S/C50H102NO7P/c1-6-8-10-12-14-16-18-20-21-22-23-24-25-26-27-28-29-30-31-32-33-35-37-39-41-43-50(52)58-49(48-57-59(53,54)56-46-44-51(3,4)5)47-55-45-42-40-38-36-34-19-17-15-13-11-9-7-2/h49H,6-48H2,1-5H3/p+1. The van der Waals surface area contributed by atoms with Crippen LogP contribution in [0.1, 0.15) is 258 Å². The number of esters is 1. The zero-order valence-electron chi connectivity index (χ0n) is 40.3. The van der Waals surface area contributed by atoms with Crippen LogP contribution in [0.15, 0.2) is 0 Å². The Labute approximate surface area is 368 Å². The Kier molecular flexibility index (Phi) is 43.7. The molecule has 0 saturated carbocycles. The average molecular weight is 861 g/mol. The van der Waals surface area contributed by atoms with E-state index in [9.17, 15) is 14.3 Å². The Hall–Kier alpha value is -0.500. The minimum Gasteiger partial charge on any atom is -0.457 e. The van der Waals surface area contributed by atoms with Gasteiger partial charge in [-0.3, -0.25) is 13.8 Å². The first kappa shape index (κ1) is 58.5. The minimum absolute atomic E-state index is 0.0940. The van der Waals surface area contributed by atoms with Crippen LogP contribution < -0.4 is 0 Å². The lowest BCUT2D eigenvalue weighted by Crippen LogP contribution is -2.37. The lowest BCUT2D eigenvalue weighted by molar-refractivity contribution is -0.870. The first-order valence-corrected chi connectivity index (χ1v) is 27.3. The van der Waals surface area contributed by atoms with Crippen LogP contribution in [0.3, 0.4) is 0 Å². The number of phosphoric ester groups is 1. The second-order valence-corrected chi connectivity index (χ2v) is 20.4. The maximum atomic E-state index is 12.7. The molecule has 0 aliphatic rings. The van der Waals surface area contributed by atoms with E-state index >= 15 is 0 Å². The van der Waals surface area contributed by atoms with E-state index in [1.54, 1.807) is 0 Å². The number of nitrogens with zero attached hydrogens (tertiary/aromatic N) is 1. The van der Waals surface area contributed by atoms with Gasteiger partial charge in [-0.1, -0.05) is 239 Å². The highest BCUT2D eigenvalue weighted by Crippen LogP contribution is 2.43. The summed E-state index contributed by atoms with van der Waals surface area (Å²) in [6.45, 7) is 5.69. The number of carbonyl (C=O) groups excluding carboxylic acids is 1. The van der Waals surface area contributed by atoms with E-state index in [1.807, 2.05) is 21.1 Å². The number of hydrogen-bond donors (Lipinski definition) is 1. The van der Waals surface area contributed by atoms with Crippen molar-refractivity contribution in [3.8, 4) is 0 Å². The largest absolute Gasteiger partial charge is 0.472 e. The third kappa shape index (κ3) is 48.4. The van der Waals surface area contributed by atoms with E-state index in [-0.39, 0.29) is 25.8 Å². The SMILES string of the molecule is CCCCCCCCCCCCCCCCCCCCCCCCCCCC(=O)OC(COCCCCCCCCCCCCCC)COP(=O)(O)OCC[N+](C)(C)C. The summed E-state index contributed by atoms with van der Waals surface area (Å²) in [5, 5.41) is 0. The summed E-state index contributed by atoms with van der Waals surface area (Å²) in [6.07, 6.45) is 48.7. The van der Waals surface area contributed by atoms with Crippen LogP contribution in [0.4, 0.5) is 0 Å². The second-order valence-electron chi connectivity index (χ2n) is 18.9. The van der Waals surface area contributed by atoms with E-state index in [0.29, 0.717) is 24.1 Å². The van der Waals surface area contributed by atoms with Crippen LogP contribution in [0.5, 0.6) is 0 Å². The monoisotopic (exact) mass is 861 g/mol. The molecular weight excluding hydrogens is 758 g/mol. The van der Waals surface area contributed by atoms with Gasteiger partial charge in [0.1, 0.15) is 19.3 Å². The third-order valence-corrected chi connectivity index (χ3v) is 12.7. The van der Waals surface area contributed by atoms with Gasteiger partial charge in [-0.25, -0.2) is 4.57 Å². The zero-order chi connectivity index (χ0) is 43.4. The molecule has 0 bridgehead atoms. The van der Waals surface area contributed by atoms with Crippen molar-refractivity contribution in [2.75, 3.05) is 54.1 Å². The molecule has 1 N–H and O–H groups in total. The fourth-order valence-electron chi connectivity index (χ4n) is 7.67. The highest BCUT2D eigenvalue weighted by atomic mass is 31.2. The van der Waals surface area contributed by atoms with Gasteiger partial charge in [0.05, 0.1) is 34.4 Å². The third-order valence-electron chi connectivity index (χ3n) is 11.7. The average Bonchev–Trinajstić information content (AvgIpc) is 3.19. The molecule has 0 spiro atoms. The molecular formula is C50H103NO7P+. The normalized spacial score (nSPS) is 13.5. The van der Waals surface area contributed by atoms with Gasteiger partial charge in [-0.2, -0.15) is 0 Å². The number of unbranched alkanes of at least 4 members (excludes halogenated alkanes) is 35. The van der Waals surface area contributed by atoms with E-state index in [4.69, 9.17) is 18.5 Å². The molecule has 0 aromatic heterocycles. The smallest absolute Gasteiger partial charge is 0.457 e. The Morgan fingerprint density at radius 3 is 1.12 bits per heavy atom. The second kappa shape index (κ2) is 44.1. The summed E-state index contributed by atoms with van der Waals surface area (Å²) in [5.41, 5.74) is 0. The minimum atomic E-state index is -4.27. The quantitative estimate of drug-likeness (QED) is 0.0282. The molecule has 0 aliphatic heterocycles. The molecule has 8 nitrogen and oxygen atoms in total. The van der Waals surface area contributed by atoms with Gasteiger partial charge in [0, 0.05) is 13.0 Å². The van der Waals surface area contributed by atoms with E-state index in [1.165, 1.54) is 205 Å². The fraction of sp³-hybridized carbons (Fsp3) is 0.980. The Morgan fingerprint density at radius 2 is 0.780 bits per heavy atom. The van der Waals surface area contributed by atoms with Crippen molar-refractivity contribution in [3.63, 3.8) is 0 Å². The molecule has 0 fully saturated rings. The van der Waals surface area contributed by atoms with Gasteiger partial charge in [-0.05, 0) is 12.8 Å². The van der Waals surface area contributed by atoms with Crippen molar-refractivity contribution >= 4 is 13.8 Å². The van der Waals surface area contributed by atoms with Gasteiger partial charge in [0.15, 0.2) is 0 Å². The van der Waals surface area contributed by atoms with Crippen molar-refractivity contribution in [2.45, 2.75) is 264 Å².